The van der Waals surface area contributed by atoms with Crippen LogP contribution in [0.25, 0.3) is 0 Å². The van der Waals surface area contributed by atoms with Crippen molar-refractivity contribution in [3.63, 3.8) is 0 Å². The Balaban J connectivity index is 3.51. The Hall–Kier alpha value is -1.42. The number of halogens is 1. The highest BCUT2D eigenvalue weighted by Crippen LogP contribution is 2.39. The van der Waals surface area contributed by atoms with E-state index in [1.54, 1.807) is 0 Å². The van der Waals surface area contributed by atoms with Crippen molar-refractivity contribution in [2.75, 3.05) is 20.0 Å². The molecule has 0 aliphatic heterocycles. The zero-order valence-electron chi connectivity index (χ0n) is 8.76. The van der Waals surface area contributed by atoms with Crippen LogP contribution in [0.15, 0.2) is 6.07 Å². The summed E-state index contributed by atoms with van der Waals surface area (Å²) >= 11 is 5.91. The van der Waals surface area contributed by atoms with Gasteiger partial charge in [0.25, 0.3) is 0 Å². The molecular weight excluding hydrogens is 218 g/mol. The summed E-state index contributed by atoms with van der Waals surface area (Å²) in [6.07, 6.45) is 0. The van der Waals surface area contributed by atoms with Crippen LogP contribution in [0.3, 0.4) is 0 Å². The minimum Gasteiger partial charge on any atom is -0.496 e. The maximum absolute atomic E-state index is 11.3. The van der Waals surface area contributed by atoms with Crippen LogP contribution in [0.5, 0.6) is 11.5 Å². The number of carbonyl (C=O) groups is 1. The molecule has 15 heavy (non-hydrogen) atoms. The third kappa shape index (κ3) is 1.99. The van der Waals surface area contributed by atoms with Gasteiger partial charge >= 0.3 is 0 Å². The molecule has 0 spiro atoms. The number of methoxy groups -OCH3 is 2. The predicted octanol–water partition coefficient (Wildman–Crippen LogP) is 2.14. The van der Waals surface area contributed by atoms with Gasteiger partial charge in [-0.3, -0.25) is 4.79 Å². The third-order valence-corrected chi connectivity index (χ3v) is 2.41. The minimum absolute atomic E-state index is 0.181. The third-order valence-electron chi connectivity index (χ3n) is 2.02. The molecule has 2 N–H and O–H groups in total. The molecule has 0 radical (unpaired) electrons. The number of nitrogens with two attached hydrogens (primary N) is 1. The Morgan fingerprint density at radius 2 is 1.87 bits per heavy atom. The Morgan fingerprint density at radius 3 is 2.27 bits per heavy atom. The van der Waals surface area contributed by atoms with Gasteiger partial charge in [-0.1, -0.05) is 11.6 Å². The van der Waals surface area contributed by atoms with Crippen LogP contribution in [-0.2, 0) is 0 Å². The number of rotatable bonds is 3. The molecule has 82 valence electrons. The fourth-order valence-electron chi connectivity index (χ4n) is 1.30. The lowest BCUT2D eigenvalue weighted by Gasteiger charge is -2.13. The van der Waals surface area contributed by atoms with Crippen molar-refractivity contribution in [3.8, 4) is 11.5 Å². The Morgan fingerprint density at radius 1 is 1.33 bits per heavy atom. The van der Waals surface area contributed by atoms with Gasteiger partial charge in [0.05, 0.1) is 25.5 Å². The summed E-state index contributed by atoms with van der Waals surface area (Å²) in [7, 11) is 2.92. The molecular formula is C10H12ClNO3. The SMILES string of the molecule is COc1cc(OC)c(C(C)=O)c(N)c1Cl. The van der Waals surface area contributed by atoms with E-state index in [0.29, 0.717) is 11.5 Å². The topological polar surface area (TPSA) is 61.5 Å². The number of carbonyl (C=O) groups excluding carboxylic acids is 1. The first-order valence-electron chi connectivity index (χ1n) is 4.23. The molecule has 0 bridgehead atoms. The normalized spacial score (nSPS) is 9.87. The summed E-state index contributed by atoms with van der Waals surface area (Å²) in [6.45, 7) is 1.40. The van der Waals surface area contributed by atoms with Crippen LogP contribution in [-0.4, -0.2) is 20.0 Å². The van der Waals surface area contributed by atoms with E-state index in [0.717, 1.165) is 0 Å². The van der Waals surface area contributed by atoms with E-state index >= 15 is 0 Å². The zero-order chi connectivity index (χ0) is 11.6. The molecule has 5 heteroatoms. The van der Waals surface area contributed by atoms with E-state index in [1.807, 2.05) is 0 Å². The van der Waals surface area contributed by atoms with Crippen molar-refractivity contribution in [3.05, 3.63) is 16.7 Å². The first-order chi connectivity index (χ1) is 7.02. The van der Waals surface area contributed by atoms with Gasteiger partial charge in [-0.15, -0.1) is 0 Å². The molecule has 0 aliphatic rings. The van der Waals surface area contributed by atoms with Gasteiger partial charge < -0.3 is 15.2 Å². The predicted molar refractivity (Wildman–Crippen MR) is 59.0 cm³/mol. The highest BCUT2D eigenvalue weighted by atomic mass is 35.5. The van der Waals surface area contributed by atoms with Crippen LogP contribution in [0.4, 0.5) is 5.69 Å². The van der Waals surface area contributed by atoms with Crippen LogP contribution in [0, 0.1) is 0 Å². The molecule has 1 rings (SSSR count). The molecule has 0 saturated heterocycles. The monoisotopic (exact) mass is 229 g/mol. The summed E-state index contributed by atoms with van der Waals surface area (Å²) in [5, 5.41) is 0.225. The van der Waals surface area contributed by atoms with E-state index in [-0.39, 0.29) is 22.1 Å². The number of nitrogen functional groups attached to an aromatic ring is 1. The van der Waals surface area contributed by atoms with E-state index in [9.17, 15) is 4.79 Å². The number of ketones is 1. The average Bonchev–Trinajstić information content (AvgIpc) is 2.20. The van der Waals surface area contributed by atoms with Crippen molar-refractivity contribution in [1.29, 1.82) is 0 Å². The molecule has 0 heterocycles. The highest BCUT2D eigenvalue weighted by molar-refractivity contribution is 6.35. The second-order valence-corrected chi connectivity index (χ2v) is 3.32. The summed E-state index contributed by atoms with van der Waals surface area (Å²) < 4.78 is 10.0. The lowest BCUT2D eigenvalue weighted by molar-refractivity contribution is 0.101. The van der Waals surface area contributed by atoms with Gasteiger partial charge in [0, 0.05) is 6.07 Å². The van der Waals surface area contributed by atoms with Crippen molar-refractivity contribution in [2.45, 2.75) is 6.92 Å². The first kappa shape index (κ1) is 11.7. The lowest BCUT2D eigenvalue weighted by atomic mass is 10.1. The Labute approximate surface area is 92.9 Å². The lowest BCUT2D eigenvalue weighted by Crippen LogP contribution is -2.05. The largest absolute Gasteiger partial charge is 0.496 e. The van der Waals surface area contributed by atoms with Crippen LogP contribution >= 0.6 is 11.6 Å². The van der Waals surface area contributed by atoms with Crippen molar-refractivity contribution >= 4 is 23.1 Å². The van der Waals surface area contributed by atoms with E-state index < -0.39 is 0 Å². The quantitative estimate of drug-likeness (QED) is 0.637. The smallest absolute Gasteiger partial charge is 0.165 e. The van der Waals surface area contributed by atoms with Crippen LogP contribution in [0.2, 0.25) is 5.02 Å². The molecule has 0 aromatic heterocycles. The summed E-state index contributed by atoms with van der Waals surface area (Å²) in [4.78, 5) is 11.3. The summed E-state index contributed by atoms with van der Waals surface area (Å²) in [5.74, 6) is 0.547. The van der Waals surface area contributed by atoms with E-state index in [1.165, 1.54) is 27.2 Å². The summed E-state index contributed by atoms with van der Waals surface area (Å²) in [5.41, 5.74) is 6.19. The van der Waals surface area contributed by atoms with Crippen molar-refractivity contribution in [2.24, 2.45) is 0 Å². The minimum atomic E-state index is -0.200. The molecule has 0 saturated carbocycles. The molecule has 0 amide bonds. The molecule has 1 aromatic rings. The fraction of sp³-hybridized carbons (Fsp3) is 0.300. The fourth-order valence-corrected chi connectivity index (χ4v) is 1.53. The zero-order valence-corrected chi connectivity index (χ0v) is 9.51. The number of hydrogen-bond donors (Lipinski definition) is 1. The van der Waals surface area contributed by atoms with Crippen molar-refractivity contribution in [1.82, 2.24) is 0 Å². The number of hydrogen-bond acceptors (Lipinski definition) is 4. The van der Waals surface area contributed by atoms with Gasteiger partial charge in [-0.05, 0) is 6.92 Å². The van der Waals surface area contributed by atoms with Crippen LogP contribution < -0.4 is 15.2 Å². The number of benzene rings is 1. The Bertz CT molecular complexity index is 404. The molecule has 0 atom stereocenters. The molecule has 0 fully saturated rings. The maximum atomic E-state index is 11.3. The Kier molecular flexibility index (Phi) is 3.42. The highest BCUT2D eigenvalue weighted by Gasteiger charge is 2.18. The second kappa shape index (κ2) is 4.40. The van der Waals surface area contributed by atoms with Gasteiger partial charge in [0.15, 0.2) is 5.78 Å². The van der Waals surface area contributed by atoms with Gasteiger partial charge in [-0.25, -0.2) is 0 Å². The number of Topliss-reactive ketones (excluding diaryl/α,β-unsaturated/α-hetero) is 1. The first-order valence-corrected chi connectivity index (χ1v) is 4.61. The van der Waals surface area contributed by atoms with Gasteiger partial charge in [0.2, 0.25) is 0 Å². The van der Waals surface area contributed by atoms with Crippen LogP contribution in [0.1, 0.15) is 17.3 Å². The number of ether oxygens (including phenoxy) is 2. The number of anilines is 1. The standard InChI is InChI=1S/C10H12ClNO3/c1-5(13)8-6(14-2)4-7(15-3)9(11)10(8)12/h4H,12H2,1-3H3. The average molecular weight is 230 g/mol. The second-order valence-electron chi connectivity index (χ2n) is 2.94. The van der Waals surface area contributed by atoms with Crippen molar-refractivity contribution < 1.29 is 14.3 Å². The molecule has 1 aromatic carbocycles. The summed E-state index contributed by atoms with van der Waals surface area (Å²) in [6, 6.07) is 1.54. The maximum Gasteiger partial charge on any atom is 0.165 e. The molecule has 0 aliphatic carbocycles. The van der Waals surface area contributed by atoms with E-state index in [2.05, 4.69) is 0 Å². The molecule has 0 unspecified atom stereocenters. The van der Waals surface area contributed by atoms with E-state index in [4.69, 9.17) is 26.8 Å². The van der Waals surface area contributed by atoms with Gasteiger partial charge in [-0.2, -0.15) is 0 Å². The molecule has 4 nitrogen and oxygen atoms in total. The van der Waals surface area contributed by atoms with Gasteiger partial charge in [0.1, 0.15) is 16.5 Å².